The van der Waals surface area contributed by atoms with Gasteiger partial charge in [-0.25, -0.2) is 4.39 Å². The number of amides is 1. The Morgan fingerprint density at radius 1 is 1.67 bits per heavy atom. The Balaban J connectivity index is 2.40. The van der Waals surface area contributed by atoms with E-state index in [-0.39, 0.29) is 18.0 Å². The van der Waals surface area contributed by atoms with E-state index in [0.717, 1.165) is 0 Å². The summed E-state index contributed by atoms with van der Waals surface area (Å²) in [5.41, 5.74) is 0. The predicted octanol–water partition coefficient (Wildman–Crippen LogP) is 1.39. The van der Waals surface area contributed by atoms with Gasteiger partial charge in [0.15, 0.2) is 0 Å². The lowest BCUT2D eigenvalue weighted by atomic mass is 10.1. The number of hydrogen-bond donors (Lipinski definition) is 1. The van der Waals surface area contributed by atoms with Crippen molar-refractivity contribution in [3.05, 3.63) is 12.2 Å². The summed E-state index contributed by atoms with van der Waals surface area (Å²) in [6.45, 7) is 4.65. The Labute approximate surface area is 107 Å². The van der Waals surface area contributed by atoms with Crippen LogP contribution in [0, 0.1) is 11.3 Å². The zero-order chi connectivity index (χ0) is 13.5. The van der Waals surface area contributed by atoms with E-state index in [9.17, 15) is 9.18 Å². The Bertz CT molecular complexity index is 349. The van der Waals surface area contributed by atoms with Gasteiger partial charge in [0.2, 0.25) is 5.91 Å². The van der Waals surface area contributed by atoms with Gasteiger partial charge in [0.25, 0.3) is 0 Å². The number of halogens is 1. The summed E-state index contributed by atoms with van der Waals surface area (Å²) in [7, 11) is 0. The molecule has 0 aromatic rings. The number of likely N-dealkylation sites (tertiary alicyclic amines) is 1. The highest BCUT2D eigenvalue weighted by Gasteiger charge is 2.30. The van der Waals surface area contributed by atoms with Crippen LogP contribution in [-0.4, -0.2) is 42.2 Å². The third-order valence-electron chi connectivity index (χ3n) is 2.84. The second-order valence-electron chi connectivity index (χ2n) is 4.87. The molecule has 0 aromatic carbocycles. The maximum atomic E-state index is 13.3. The van der Waals surface area contributed by atoms with E-state index in [1.54, 1.807) is 6.08 Å². The lowest BCUT2D eigenvalue weighted by Gasteiger charge is -2.19. The van der Waals surface area contributed by atoms with Crippen LogP contribution in [0.5, 0.6) is 0 Å². The summed E-state index contributed by atoms with van der Waals surface area (Å²) >= 11 is 0. The van der Waals surface area contributed by atoms with Crippen molar-refractivity contribution >= 4 is 5.91 Å². The highest BCUT2D eigenvalue weighted by atomic mass is 19.1. The first-order valence-corrected chi connectivity index (χ1v) is 6.25. The Kier molecular flexibility index (Phi) is 5.79. The van der Waals surface area contributed by atoms with E-state index >= 15 is 0 Å². The molecular weight excluding hydrogens is 233 g/mol. The second kappa shape index (κ2) is 7.12. The molecule has 0 spiro atoms. The molecule has 1 aliphatic rings. The molecule has 1 N–H and O–H groups in total. The zero-order valence-electron chi connectivity index (χ0n) is 10.9. The molecule has 0 saturated carbocycles. The largest absolute Gasteiger partial charge is 0.350 e. The molecule has 1 amide bonds. The summed E-state index contributed by atoms with van der Waals surface area (Å²) in [5.74, 6) is -0.141. The van der Waals surface area contributed by atoms with Gasteiger partial charge in [-0.05, 0) is 20.3 Å². The Morgan fingerprint density at radius 3 is 3.00 bits per heavy atom. The number of carbonyl (C=O) groups excluding carboxylic acids is 1. The van der Waals surface area contributed by atoms with Crippen molar-refractivity contribution < 1.29 is 9.18 Å². The molecule has 1 saturated heterocycles. The van der Waals surface area contributed by atoms with Gasteiger partial charge in [0.1, 0.15) is 6.17 Å². The average Bonchev–Trinajstić information content (AvgIpc) is 2.58. The van der Waals surface area contributed by atoms with Crippen LogP contribution in [0.15, 0.2) is 12.2 Å². The summed E-state index contributed by atoms with van der Waals surface area (Å²) in [6, 6.07) is 2.16. The molecule has 100 valence electrons. The highest BCUT2D eigenvalue weighted by Crippen LogP contribution is 2.22. The van der Waals surface area contributed by atoms with Gasteiger partial charge in [-0.2, -0.15) is 5.26 Å². The van der Waals surface area contributed by atoms with Gasteiger partial charge >= 0.3 is 0 Å². The molecule has 2 unspecified atom stereocenters. The van der Waals surface area contributed by atoms with Gasteiger partial charge in [0, 0.05) is 31.2 Å². The van der Waals surface area contributed by atoms with E-state index in [1.807, 2.05) is 18.7 Å². The van der Waals surface area contributed by atoms with Crippen LogP contribution >= 0.6 is 0 Å². The number of hydrogen-bond acceptors (Lipinski definition) is 3. The van der Waals surface area contributed by atoms with Gasteiger partial charge in [0.05, 0.1) is 12.5 Å². The quantitative estimate of drug-likeness (QED) is 0.753. The summed E-state index contributed by atoms with van der Waals surface area (Å²) in [4.78, 5) is 13.3. The summed E-state index contributed by atoms with van der Waals surface area (Å²) in [6.07, 6.45) is 3.09. The van der Waals surface area contributed by atoms with Crippen LogP contribution in [-0.2, 0) is 4.79 Å². The molecule has 5 heteroatoms. The van der Waals surface area contributed by atoms with Crippen molar-refractivity contribution in [3.63, 3.8) is 0 Å². The van der Waals surface area contributed by atoms with Crippen LogP contribution in [0.25, 0.3) is 0 Å². The van der Waals surface area contributed by atoms with E-state index in [4.69, 9.17) is 5.26 Å². The topological polar surface area (TPSA) is 56.1 Å². The van der Waals surface area contributed by atoms with Gasteiger partial charge < -0.3 is 5.32 Å². The Morgan fingerprint density at radius 2 is 2.39 bits per heavy atom. The number of nitrogens with one attached hydrogen (secondary N) is 1. The van der Waals surface area contributed by atoms with E-state index in [1.165, 1.54) is 6.08 Å². The molecule has 1 rings (SSSR count). The number of nitriles is 1. The molecule has 2 atom stereocenters. The molecule has 0 radical (unpaired) electrons. The second-order valence-corrected chi connectivity index (χ2v) is 4.87. The first-order valence-electron chi connectivity index (χ1n) is 6.25. The molecule has 0 aliphatic carbocycles. The third-order valence-corrected chi connectivity index (χ3v) is 2.84. The minimum Gasteiger partial charge on any atom is -0.350 e. The van der Waals surface area contributed by atoms with Crippen molar-refractivity contribution in [2.24, 2.45) is 0 Å². The molecule has 0 bridgehead atoms. The van der Waals surface area contributed by atoms with Crippen molar-refractivity contribution in [3.8, 4) is 6.07 Å². The molecule has 1 aliphatic heterocycles. The molecule has 1 fully saturated rings. The Hall–Kier alpha value is -1.41. The lowest BCUT2D eigenvalue weighted by Crippen LogP contribution is -2.31. The molecule has 18 heavy (non-hydrogen) atoms. The number of alkyl halides is 1. The maximum absolute atomic E-state index is 13.3. The van der Waals surface area contributed by atoms with Crippen molar-refractivity contribution in [1.29, 1.82) is 5.26 Å². The smallest absolute Gasteiger partial charge is 0.243 e. The van der Waals surface area contributed by atoms with E-state index in [0.29, 0.717) is 25.9 Å². The summed E-state index contributed by atoms with van der Waals surface area (Å²) < 4.78 is 13.3. The van der Waals surface area contributed by atoms with Crippen LogP contribution in [0.2, 0.25) is 0 Å². The normalized spacial score (nSPS) is 24.6. The first-order chi connectivity index (χ1) is 8.52. The van der Waals surface area contributed by atoms with Crippen LogP contribution < -0.4 is 5.32 Å². The summed E-state index contributed by atoms with van der Waals surface area (Å²) in [5, 5.41) is 11.4. The van der Waals surface area contributed by atoms with Crippen LogP contribution in [0.4, 0.5) is 4.39 Å². The standard InChI is InChI=1S/C13H20FN3O/c1-10(2)16-13(18)4-3-7-17-9-11(14)8-12(17)5-6-15/h3-4,10-12H,5,7-9H2,1-2H3,(H,16,18)/b4-3+. The monoisotopic (exact) mass is 253 g/mol. The molecular formula is C13H20FN3O. The van der Waals surface area contributed by atoms with Crippen LogP contribution in [0.3, 0.4) is 0 Å². The van der Waals surface area contributed by atoms with Crippen molar-refractivity contribution in [1.82, 2.24) is 10.2 Å². The van der Waals surface area contributed by atoms with Crippen molar-refractivity contribution in [2.75, 3.05) is 13.1 Å². The van der Waals surface area contributed by atoms with E-state index in [2.05, 4.69) is 11.4 Å². The minimum atomic E-state index is -0.860. The number of rotatable bonds is 5. The minimum absolute atomic E-state index is 0.0252. The maximum Gasteiger partial charge on any atom is 0.243 e. The number of carbonyl (C=O) groups is 1. The fraction of sp³-hybridized carbons (Fsp3) is 0.692. The molecule has 4 nitrogen and oxygen atoms in total. The fourth-order valence-electron chi connectivity index (χ4n) is 2.09. The average molecular weight is 253 g/mol. The third kappa shape index (κ3) is 4.84. The molecule has 1 heterocycles. The zero-order valence-corrected chi connectivity index (χ0v) is 10.9. The SMILES string of the molecule is CC(C)NC(=O)/C=C/CN1CC(F)CC1CC#N. The molecule has 0 aromatic heterocycles. The van der Waals surface area contributed by atoms with Gasteiger partial charge in [-0.1, -0.05) is 6.08 Å². The number of nitrogens with zero attached hydrogens (tertiary/aromatic N) is 2. The van der Waals surface area contributed by atoms with Gasteiger partial charge in [-0.3, -0.25) is 9.69 Å². The van der Waals surface area contributed by atoms with E-state index < -0.39 is 6.17 Å². The van der Waals surface area contributed by atoms with Crippen molar-refractivity contribution in [2.45, 2.75) is 44.9 Å². The first kappa shape index (κ1) is 14.7. The predicted molar refractivity (Wildman–Crippen MR) is 67.5 cm³/mol. The van der Waals surface area contributed by atoms with Gasteiger partial charge in [-0.15, -0.1) is 0 Å². The highest BCUT2D eigenvalue weighted by molar-refractivity contribution is 5.87. The lowest BCUT2D eigenvalue weighted by molar-refractivity contribution is -0.116. The van der Waals surface area contributed by atoms with Crippen LogP contribution in [0.1, 0.15) is 26.7 Å². The fourth-order valence-corrected chi connectivity index (χ4v) is 2.09.